The van der Waals surface area contributed by atoms with Crippen LogP contribution in [0.25, 0.3) is 0 Å². The first kappa shape index (κ1) is 21.5. The lowest BCUT2D eigenvalue weighted by molar-refractivity contribution is -0.129. The average Bonchev–Trinajstić information content (AvgIpc) is 2.68. The number of aliphatic imine (C=N–C) groups is 1. The fourth-order valence-electron chi connectivity index (χ4n) is 3.78. The van der Waals surface area contributed by atoms with Crippen molar-refractivity contribution < 1.29 is 14.8 Å². The predicted octanol–water partition coefficient (Wildman–Crippen LogP) is 1.35. The number of likely N-dealkylation sites (tertiary alicyclic amines) is 1. The van der Waals surface area contributed by atoms with Crippen LogP contribution in [0.5, 0.6) is 0 Å². The molecule has 8 heteroatoms. The first-order valence-corrected chi connectivity index (χ1v) is 10.3. The number of rotatable bonds is 8. The number of amides is 2. The number of hydrogen-bond donors (Lipinski definition) is 3. The number of nitrogens with one attached hydrogen (secondary N) is 2. The van der Waals surface area contributed by atoms with Crippen LogP contribution in [0.3, 0.4) is 0 Å². The van der Waals surface area contributed by atoms with E-state index < -0.39 is 0 Å². The zero-order chi connectivity index (χ0) is 19.6. The first-order valence-electron chi connectivity index (χ1n) is 10.3. The number of carbonyl (C=O) groups excluding carboxylic acids is 2. The van der Waals surface area contributed by atoms with Crippen LogP contribution in [0, 0.1) is 5.92 Å². The van der Waals surface area contributed by atoms with Crippen molar-refractivity contribution >= 4 is 17.8 Å². The van der Waals surface area contributed by atoms with Crippen LogP contribution in [0.15, 0.2) is 4.99 Å². The van der Waals surface area contributed by atoms with Crippen molar-refractivity contribution in [3.05, 3.63) is 0 Å². The zero-order valence-corrected chi connectivity index (χ0v) is 16.7. The van der Waals surface area contributed by atoms with Gasteiger partial charge >= 0.3 is 0 Å². The fourth-order valence-corrected chi connectivity index (χ4v) is 3.78. The molecule has 2 heterocycles. The number of hydroxylamine groups is 1. The van der Waals surface area contributed by atoms with E-state index in [1.54, 1.807) is 5.48 Å². The summed E-state index contributed by atoms with van der Waals surface area (Å²) in [7, 11) is 2.03. The normalized spacial score (nSPS) is 23.0. The van der Waals surface area contributed by atoms with Crippen molar-refractivity contribution in [2.75, 3.05) is 33.2 Å². The van der Waals surface area contributed by atoms with Crippen molar-refractivity contribution in [1.29, 1.82) is 0 Å². The van der Waals surface area contributed by atoms with E-state index in [-0.39, 0.29) is 23.8 Å². The maximum absolute atomic E-state index is 12.6. The number of guanidine groups is 1. The molecule has 154 valence electrons. The van der Waals surface area contributed by atoms with E-state index in [1.807, 2.05) is 14.0 Å². The van der Waals surface area contributed by atoms with E-state index in [2.05, 4.69) is 15.1 Å². The maximum atomic E-state index is 12.6. The van der Waals surface area contributed by atoms with Gasteiger partial charge in [0, 0.05) is 39.6 Å². The van der Waals surface area contributed by atoms with Crippen LogP contribution in [0.4, 0.5) is 0 Å². The highest BCUT2D eigenvalue weighted by atomic mass is 16.5. The number of hydrogen-bond acceptors (Lipinski definition) is 6. The Morgan fingerprint density at radius 1 is 1.15 bits per heavy atom. The summed E-state index contributed by atoms with van der Waals surface area (Å²) in [4.78, 5) is 32.8. The Kier molecular flexibility index (Phi) is 8.84. The van der Waals surface area contributed by atoms with Gasteiger partial charge in [0.05, 0.1) is 12.0 Å². The van der Waals surface area contributed by atoms with E-state index >= 15 is 0 Å². The average molecular weight is 382 g/mol. The lowest BCUT2D eigenvalue weighted by Gasteiger charge is -2.40. The minimum Gasteiger partial charge on any atom is -0.356 e. The summed E-state index contributed by atoms with van der Waals surface area (Å²) in [6, 6.07) is -0.00452. The van der Waals surface area contributed by atoms with Gasteiger partial charge in [0.1, 0.15) is 0 Å². The molecular formula is C19H35N5O3. The van der Waals surface area contributed by atoms with E-state index in [0.717, 1.165) is 44.7 Å². The molecule has 0 aromatic rings. The summed E-state index contributed by atoms with van der Waals surface area (Å²) in [5.74, 6) is 0.661. The van der Waals surface area contributed by atoms with Gasteiger partial charge in [-0.15, -0.1) is 0 Å². The Bertz CT molecular complexity index is 519. The number of nitrogens with zero attached hydrogens (tertiary/aromatic N) is 3. The van der Waals surface area contributed by atoms with Crippen LogP contribution in [-0.2, 0) is 9.59 Å². The van der Waals surface area contributed by atoms with E-state index in [4.69, 9.17) is 10.2 Å². The highest BCUT2D eigenvalue weighted by Crippen LogP contribution is 2.20. The second-order valence-electron chi connectivity index (χ2n) is 7.69. The Morgan fingerprint density at radius 2 is 1.85 bits per heavy atom. The molecule has 0 aromatic carbocycles. The van der Waals surface area contributed by atoms with Crippen molar-refractivity contribution in [2.24, 2.45) is 10.9 Å². The minimum absolute atomic E-state index is 0.00452. The molecule has 2 amide bonds. The van der Waals surface area contributed by atoms with Gasteiger partial charge in [-0.05, 0) is 39.0 Å². The summed E-state index contributed by atoms with van der Waals surface area (Å²) in [6.07, 6.45) is 7.58. The van der Waals surface area contributed by atoms with Crippen molar-refractivity contribution in [3.8, 4) is 0 Å². The third-order valence-corrected chi connectivity index (χ3v) is 5.44. The molecule has 0 saturated carbocycles. The molecule has 27 heavy (non-hydrogen) atoms. The Labute approximate surface area is 162 Å². The van der Waals surface area contributed by atoms with E-state index in [1.165, 1.54) is 19.3 Å². The van der Waals surface area contributed by atoms with Gasteiger partial charge in [0.25, 0.3) is 0 Å². The van der Waals surface area contributed by atoms with Crippen LogP contribution < -0.4 is 10.8 Å². The highest BCUT2D eigenvalue weighted by Gasteiger charge is 2.33. The predicted molar refractivity (Wildman–Crippen MR) is 104 cm³/mol. The topological polar surface area (TPSA) is 97.3 Å². The van der Waals surface area contributed by atoms with Gasteiger partial charge in [0.2, 0.25) is 11.8 Å². The molecule has 1 saturated heterocycles. The van der Waals surface area contributed by atoms with Crippen LogP contribution in [0.1, 0.15) is 58.3 Å². The first-order chi connectivity index (χ1) is 13.0. The fraction of sp³-hybridized carbons (Fsp3) is 0.842. The molecule has 3 N–H and O–H groups in total. The zero-order valence-electron chi connectivity index (χ0n) is 16.7. The minimum atomic E-state index is -0.344. The Morgan fingerprint density at radius 3 is 2.56 bits per heavy atom. The van der Waals surface area contributed by atoms with Gasteiger partial charge in [-0.25, -0.2) is 10.5 Å². The summed E-state index contributed by atoms with van der Waals surface area (Å²) in [5, 5.41) is 11.5. The van der Waals surface area contributed by atoms with Crippen LogP contribution in [-0.4, -0.2) is 72.0 Å². The van der Waals surface area contributed by atoms with Crippen molar-refractivity contribution in [1.82, 2.24) is 20.6 Å². The molecule has 0 aliphatic carbocycles. The van der Waals surface area contributed by atoms with Gasteiger partial charge in [-0.2, -0.15) is 0 Å². The molecule has 0 bridgehead atoms. The standard InChI is InChI=1S/C19H35N5O3/c1-15-16(14-23(2)19(21-15)24-12-8-5-9-13-24)18(26)20-11-7-4-3-6-10-17(25)22-27/h15-16,27H,3-14H2,1-2H3,(H,20,26)(H,22,25). The molecule has 0 aromatic heterocycles. The van der Waals surface area contributed by atoms with Gasteiger partial charge in [0.15, 0.2) is 5.96 Å². The smallest absolute Gasteiger partial charge is 0.243 e. The summed E-state index contributed by atoms with van der Waals surface area (Å²) in [6.45, 7) is 5.52. The molecule has 2 aliphatic rings. The molecule has 8 nitrogen and oxygen atoms in total. The van der Waals surface area contributed by atoms with Gasteiger partial charge in [-0.1, -0.05) is 12.8 Å². The molecule has 2 atom stereocenters. The number of carbonyl (C=O) groups is 2. The molecule has 0 spiro atoms. The second kappa shape index (κ2) is 11.1. The monoisotopic (exact) mass is 381 g/mol. The van der Waals surface area contributed by atoms with Crippen LogP contribution >= 0.6 is 0 Å². The molecule has 1 fully saturated rings. The lowest BCUT2D eigenvalue weighted by Crippen LogP contribution is -2.54. The molecule has 2 rings (SSSR count). The van der Waals surface area contributed by atoms with Crippen molar-refractivity contribution in [2.45, 2.75) is 64.3 Å². The van der Waals surface area contributed by atoms with Crippen molar-refractivity contribution in [3.63, 3.8) is 0 Å². The number of unbranched alkanes of at least 4 members (excludes halogenated alkanes) is 3. The molecular weight excluding hydrogens is 346 g/mol. The molecule has 2 aliphatic heterocycles. The highest BCUT2D eigenvalue weighted by molar-refractivity contribution is 5.85. The second-order valence-corrected chi connectivity index (χ2v) is 7.69. The largest absolute Gasteiger partial charge is 0.356 e. The van der Waals surface area contributed by atoms with E-state index in [0.29, 0.717) is 19.5 Å². The third-order valence-electron chi connectivity index (χ3n) is 5.44. The van der Waals surface area contributed by atoms with Gasteiger partial charge < -0.3 is 15.1 Å². The SMILES string of the molecule is CC1N=C(N2CCCCC2)N(C)CC1C(=O)NCCCCCCC(=O)NO. The van der Waals surface area contributed by atoms with E-state index in [9.17, 15) is 9.59 Å². The Balaban J connectivity index is 1.69. The number of piperidine rings is 1. The summed E-state index contributed by atoms with van der Waals surface area (Å²) < 4.78 is 0. The Hall–Kier alpha value is -1.83. The quantitative estimate of drug-likeness (QED) is 0.335. The van der Waals surface area contributed by atoms with Gasteiger partial charge in [-0.3, -0.25) is 14.8 Å². The molecule has 2 unspecified atom stereocenters. The molecule has 0 radical (unpaired) electrons. The summed E-state index contributed by atoms with van der Waals surface area (Å²) in [5.41, 5.74) is 1.64. The van der Waals surface area contributed by atoms with Crippen LogP contribution in [0.2, 0.25) is 0 Å². The maximum Gasteiger partial charge on any atom is 0.243 e. The third kappa shape index (κ3) is 6.68. The summed E-state index contributed by atoms with van der Waals surface area (Å²) >= 11 is 0. The lowest BCUT2D eigenvalue weighted by atomic mass is 9.98.